The van der Waals surface area contributed by atoms with E-state index in [1.54, 1.807) is 0 Å². The van der Waals surface area contributed by atoms with Gasteiger partial charge in [-0.25, -0.2) is 0 Å². The molecule has 1 aliphatic heterocycles. The number of hydrogen-bond acceptors (Lipinski definition) is 2. The van der Waals surface area contributed by atoms with Gasteiger partial charge in [0, 0.05) is 23.7 Å². The molecule has 0 saturated heterocycles. The maximum absolute atomic E-state index is 12.4. The van der Waals surface area contributed by atoms with Gasteiger partial charge in [-0.2, -0.15) is 0 Å². The van der Waals surface area contributed by atoms with Crippen LogP contribution < -0.4 is 0 Å². The fourth-order valence-electron chi connectivity index (χ4n) is 8.69. The Bertz CT molecular complexity index is 735. The van der Waals surface area contributed by atoms with Crippen molar-refractivity contribution in [3.63, 3.8) is 0 Å². The van der Waals surface area contributed by atoms with Crippen LogP contribution in [0.4, 0.5) is 0 Å². The van der Waals surface area contributed by atoms with Crippen molar-refractivity contribution in [1.82, 2.24) is 0 Å². The quantitative estimate of drug-likeness (QED) is 0.685. The van der Waals surface area contributed by atoms with Crippen LogP contribution in [0.5, 0.6) is 0 Å². The molecule has 3 saturated carbocycles. The maximum atomic E-state index is 12.4. The van der Waals surface area contributed by atoms with E-state index in [4.69, 9.17) is 4.74 Å². The highest BCUT2D eigenvalue weighted by Gasteiger charge is 2.71. The van der Waals surface area contributed by atoms with E-state index < -0.39 is 5.60 Å². The van der Waals surface area contributed by atoms with Crippen LogP contribution in [-0.2, 0) is 4.74 Å². The van der Waals surface area contributed by atoms with E-state index in [0.717, 1.165) is 25.9 Å². The monoisotopic (exact) mass is 364 g/mol. The van der Waals surface area contributed by atoms with Gasteiger partial charge in [0.25, 0.3) is 0 Å². The molecule has 6 aliphatic rings. The third-order valence-corrected chi connectivity index (χ3v) is 9.35. The average molecular weight is 365 g/mol. The first-order valence-corrected chi connectivity index (χ1v) is 11.2. The number of fused-ring (bicyclic) bond motifs is 1. The molecule has 1 heterocycles. The zero-order valence-electron chi connectivity index (χ0n) is 16.2. The molecule has 10 atom stereocenters. The van der Waals surface area contributed by atoms with Crippen LogP contribution in [0.25, 0.3) is 0 Å². The summed E-state index contributed by atoms with van der Waals surface area (Å²) in [4.78, 5) is 0. The molecule has 144 valence electrons. The van der Waals surface area contributed by atoms with Gasteiger partial charge in [0.15, 0.2) is 0 Å². The van der Waals surface area contributed by atoms with Gasteiger partial charge in [-0.1, -0.05) is 42.5 Å². The van der Waals surface area contributed by atoms with Crippen LogP contribution >= 0.6 is 0 Å². The molecule has 0 aromatic heterocycles. The molecule has 0 aromatic rings. The molecular formula is C25H32O2. The van der Waals surface area contributed by atoms with Gasteiger partial charge in [0.2, 0.25) is 0 Å². The largest absolute Gasteiger partial charge is 0.389 e. The molecule has 3 fully saturated rings. The molecule has 2 heteroatoms. The highest BCUT2D eigenvalue weighted by atomic mass is 16.5. The van der Waals surface area contributed by atoms with E-state index in [-0.39, 0.29) is 11.5 Å². The normalized spacial score (nSPS) is 57.4. The number of rotatable bonds is 1. The maximum Gasteiger partial charge on any atom is 0.0796 e. The zero-order valence-corrected chi connectivity index (χ0v) is 16.2. The Labute approximate surface area is 163 Å². The van der Waals surface area contributed by atoms with Gasteiger partial charge in [-0.15, -0.1) is 6.58 Å². The fraction of sp³-hybridized carbons (Fsp3) is 0.680. The first-order valence-electron chi connectivity index (χ1n) is 11.2. The smallest absolute Gasteiger partial charge is 0.0796 e. The molecule has 2 nitrogen and oxygen atoms in total. The lowest BCUT2D eigenvalue weighted by Gasteiger charge is -2.70. The third kappa shape index (κ3) is 1.99. The van der Waals surface area contributed by atoms with E-state index in [1.807, 2.05) is 0 Å². The Hall–Kier alpha value is -1.12. The zero-order chi connectivity index (χ0) is 18.2. The SMILES string of the molecule is C=CC1CCC2C=CCOC34CC=CC5CCC6C=CCC(O)(C1C23)C6C54. The summed E-state index contributed by atoms with van der Waals surface area (Å²) in [5, 5.41) is 12.4. The summed E-state index contributed by atoms with van der Waals surface area (Å²) in [7, 11) is 0. The minimum absolute atomic E-state index is 0.0966. The van der Waals surface area contributed by atoms with Gasteiger partial charge < -0.3 is 9.84 Å². The first kappa shape index (κ1) is 16.8. The molecule has 0 aromatic carbocycles. The predicted octanol–water partition coefficient (Wildman–Crippen LogP) is 4.68. The molecule has 27 heavy (non-hydrogen) atoms. The summed E-state index contributed by atoms with van der Waals surface area (Å²) in [6.07, 6.45) is 23.1. The first-order chi connectivity index (χ1) is 13.2. The number of hydrogen-bond donors (Lipinski definition) is 1. The highest BCUT2D eigenvalue weighted by molar-refractivity contribution is 5.30. The van der Waals surface area contributed by atoms with Crippen molar-refractivity contribution in [3.05, 3.63) is 49.1 Å². The third-order valence-electron chi connectivity index (χ3n) is 9.35. The highest BCUT2D eigenvalue weighted by Crippen LogP contribution is 2.69. The second-order valence-electron chi connectivity index (χ2n) is 10.1. The van der Waals surface area contributed by atoms with Crippen molar-refractivity contribution in [2.75, 3.05) is 6.61 Å². The molecule has 0 radical (unpaired) electrons. The topological polar surface area (TPSA) is 29.5 Å². The second kappa shape index (κ2) is 5.70. The molecule has 6 rings (SSSR count). The average Bonchev–Trinajstić information content (AvgIpc) is 2.87. The van der Waals surface area contributed by atoms with Gasteiger partial charge in [0.1, 0.15) is 0 Å². The predicted molar refractivity (Wildman–Crippen MR) is 107 cm³/mol. The van der Waals surface area contributed by atoms with Crippen LogP contribution in [0.15, 0.2) is 49.1 Å². The van der Waals surface area contributed by atoms with Crippen LogP contribution in [0.2, 0.25) is 0 Å². The van der Waals surface area contributed by atoms with Crippen molar-refractivity contribution in [3.8, 4) is 0 Å². The molecule has 5 aliphatic carbocycles. The number of ether oxygens (including phenoxy) is 1. The van der Waals surface area contributed by atoms with Gasteiger partial charge >= 0.3 is 0 Å². The van der Waals surface area contributed by atoms with Crippen LogP contribution in [0.3, 0.4) is 0 Å². The van der Waals surface area contributed by atoms with Crippen LogP contribution in [0, 0.1) is 47.3 Å². The van der Waals surface area contributed by atoms with E-state index >= 15 is 0 Å². The Morgan fingerprint density at radius 3 is 2.22 bits per heavy atom. The minimum atomic E-state index is -0.596. The fourth-order valence-corrected chi connectivity index (χ4v) is 8.69. The minimum Gasteiger partial charge on any atom is -0.389 e. The van der Waals surface area contributed by atoms with Crippen LogP contribution in [-0.4, -0.2) is 22.9 Å². The number of aliphatic hydroxyl groups is 1. The molecular weight excluding hydrogens is 332 g/mol. The van der Waals surface area contributed by atoms with E-state index in [2.05, 4.69) is 49.1 Å². The Balaban J connectivity index is 1.61. The lowest BCUT2D eigenvalue weighted by molar-refractivity contribution is -0.289. The van der Waals surface area contributed by atoms with Crippen LogP contribution in [0.1, 0.15) is 38.5 Å². The molecule has 0 bridgehead atoms. The number of allylic oxidation sites excluding steroid dienone is 4. The Morgan fingerprint density at radius 1 is 0.815 bits per heavy atom. The molecule has 10 unspecified atom stereocenters. The van der Waals surface area contributed by atoms with Crippen molar-refractivity contribution in [2.45, 2.75) is 49.7 Å². The van der Waals surface area contributed by atoms with E-state index in [9.17, 15) is 5.11 Å². The summed E-state index contributed by atoms with van der Waals surface area (Å²) in [6, 6.07) is 0. The van der Waals surface area contributed by atoms with Crippen molar-refractivity contribution in [1.29, 1.82) is 0 Å². The molecule has 1 spiro atoms. The van der Waals surface area contributed by atoms with Crippen molar-refractivity contribution < 1.29 is 9.84 Å². The summed E-state index contributed by atoms with van der Waals surface area (Å²) in [5.74, 6) is 3.52. The standard InChI is InChI=1S/C25H32O2/c1-2-16-9-10-19-8-5-15-27-25-14-4-7-18-12-11-17-6-3-13-24(26,20(16)22(19)25)21(17)23(18)25/h2-8,16-23,26H,1,9-15H2. The Morgan fingerprint density at radius 2 is 1.44 bits per heavy atom. The van der Waals surface area contributed by atoms with Crippen molar-refractivity contribution >= 4 is 0 Å². The van der Waals surface area contributed by atoms with E-state index in [1.165, 1.54) is 19.3 Å². The summed E-state index contributed by atoms with van der Waals surface area (Å²) in [6.45, 7) is 4.95. The van der Waals surface area contributed by atoms with E-state index in [0.29, 0.717) is 41.4 Å². The molecule has 1 N–H and O–H groups in total. The van der Waals surface area contributed by atoms with Gasteiger partial charge in [-0.3, -0.25) is 0 Å². The second-order valence-corrected chi connectivity index (χ2v) is 10.1. The lowest BCUT2D eigenvalue weighted by Crippen LogP contribution is -2.74. The molecule has 0 amide bonds. The summed E-state index contributed by atoms with van der Waals surface area (Å²) < 4.78 is 6.87. The summed E-state index contributed by atoms with van der Waals surface area (Å²) in [5.41, 5.74) is -0.693. The summed E-state index contributed by atoms with van der Waals surface area (Å²) >= 11 is 0. The van der Waals surface area contributed by atoms with Gasteiger partial charge in [-0.05, 0) is 62.2 Å². The van der Waals surface area contributed by atoms with Crippen molar-refractivity contribution in [2.24, 2.45) is 47.3 Å². The lowest BCUT2D eigenvalue weighted by atomic mass is 9.38. The van der Waals surface area contributed by atoms with Gasteiger partial charge in [0.05, 0.1) is 17.8 Å². The Kier molecular flexibility index (Phi) is 3.55.